The molecule has 0 spiro atoms. The van der Waals surface area contributed by atoms with Crippen molar-refractivity contribution in [3.05, 3.63) is 71.8 Å². The molecule has 6 heteroatoms. The molecule has 3 rings (SSSR count). The molecule has 1 aliphatic heterocycles. The van der Waals surface area contributed by atoms with Crippen LogP contribution in [0, 0.1) is 5.92 Å². The highest BCUT2D eigenvalue weighted by Gasteiger charge is 2.38. The number of benzene rings is 2. The van der Waals surface area contributed by atoms with E-state index in [1.807, 2.05) is 12.1 Å². The van der Waals surface area contributed by atoms with Crippen LogP contribution in [0.1, 0.15) is 20.7 Å². The predicted octanol–water partition coefficient (Wildman–Crippen LogP) is 2.08. The molecule has 0 radical (unpaired) electrons. The molecule has 0 aliphatic carbocycles. The van der Waals surface area contributed by atoms with E-state index in [2.05, 4.69) is 0 Å². The maximum Gasteiger partial charge on any atom is 0.338 e. The molecule has 0 aromatic heterocycles. The second kappa shape index (κ2) is 8.60. The van der Waals surface area contributed by atoms with E-state index in [9.17, 15) is 14.7 Å². The standard InChI is InChI=1S/C20H20O6/c21-17-12-24-18(13-26-20(23)15-9-5-2-6-10-15)16(17)11-25-19(22)14-7-3-1-4-8-14/h1-10,16-18,21H,11-13H2. The molecular weight excluding hydrogens is 336 g/mol. The van der Waals surface area contributed by atoms with Crippen LogP contribution in [0.4, 0.5) is 0 Å². The Morgan fingerprint density at radius 2 is 1.38 bits per heavy atom. The molecule has 1 N–H and O–H groups in total. The van der Waals surface area contributed by atoms with Gasteiger partial charge in [-0.2, -0.15) is 0 Å². The lowest BCUT2D eigenvalue weighted by molar-refractivity contribution is -0.00785. The molecule has 0 saturated carbocycles. The number of hydrogen-bond acceptors (Lipinski definition) is 6. The quantitative estimate of drug-likeness (QED) is 0.798. The lowest BCUT2D eigenvalue weighted by atomic mass is 10.0. The van der Waals surface area contributed by atoms with Crippen molar-refractivity contribution in [2.45, 2.75) is 12.2 Å². The maximum atomic E-state index is 12.0. The highest BCUT2D eigenvalue weighted by atomic mass is 16.6. The molecule has 0 bridgehead atoms. The fourth-order valence-corrected chi connectivity index (χ4v) is 2.75. The molecule has 2 aromatic carbocycles. The van der Waals surface area contributed by atoms with Crippen molar-refractivity contribution in [2.24, 2.45) is 5.92 Å². The zero-order valence-corrected chi connectivity index (χ0v) is 14.1. The van der Waals surface area contributed by atoms with Gasteiger partial charge >= 0.3 is 11.9 Å². The molecule has 26 heavy (non-hydrogen) atoms. The van der Waals surface area contributed by atoms with E-state index in [1.165, 1.54) is 0 Å². The lowest BCUT2D eigenvalue weighted by Crippen LogP contribution is -2.33. The predicted molar refractivity (Wildman–Crippen MR) is 92.7 cm³/mol. The summed E-state index contributed by atoms with van der Waals surface area (Å²) in [6.45, 7) is 0.0852. The van der Waals surface area contributed by atoms with Crippen LogP contribution >= 0.6 is 0 Å². The molecule has 1 aliphatic rings. The summed E-state index contributed by atoms with van der Waals surface area (Å²) in [5.41, 5.74) is 0.881. The van der Waals surface area contributed by atoms with Gasteiger partial charge in [0.1, 0.15) is 12.7 Å². The van der Waals surface area contributed by atoms with Crippen molar-refractivity contribution in [3.63, 3.8) is 0 Å². The number of carbonyl (C=O) groups is 2. The number of rotatable bonds is 6. The Bertz CT molecular complexity index is 730. The van der Waals surface area contributed by atoms with Crippen LogP contribution < -0.4 is 0 Å². The monoisotopic (exact) mass is 356 g/mol. The van der Waals surface area contributed by atoms with Crippen molar-refractivity contribution >= 4 is 11.9 Å². The lowest BCUT2D eigenvalue weighted by Gasteiger charge is -2.20. The van der Waals surface area contributed by atoms with E-state index < -0.39 is 30.1 Å². The van der Waals surface area contributed by atoms with Gasteiger partial charge in [-0.15, -0.1) is 0 Å². The molecule has 1 heterocycles. The van der Waals surface area contributed by atoms with Crippen LogP contribution in [0.15, 0.2) is 60.7 Å². The van der Waals surface area contributed by atoms with E-state index in [1.54, 1.807) is 48.5 Å². The minimum Gasteiger partial charge on any atom is -0.462 e. The minimum atomic E-state index is -0.779. The molecule has 3 unspecified atom stereocenters. The summed E-state index contributed by atoms with van der Waals surface area (Å²) >= 11 is 0. The van der Waals surface area contributed by atoms with Gasteiger partial charge in [0.25, 0.3) is 0 Å². The van der Waals surface area contributed by atoms with Crippen LogP contribution in [0.5, 0.6) is 0 Å². The second-order valence-corrected chi connectivity index (χ2v) is 6.03. The van der Waals surface area contributed by atoms with Gasteiger partial charge in [0.2, 0.25) is 0 Å². The normalized spacial score (nSPS) is 22.0. The molecule has 3 atom stereocenters. The Hall–Kier alpha value is -2.70. The van der Waals surface area contributed by atoms with Gasteiger partial charge in [-0.1, -0.05) is 36.4 Å². The number of carbonyl (C=O) groups excluding carboxylic acids is 2. The van der Waals surface area contributed by atoms with Crippen molar-refractivity contribution in [3.8, 4) is 0 Å². The molecular formula is C20H20O6. The fourth-order valence-electron chi connectivity index (χ4n) is 2.75. The largest absolute Gasteiger partial charge is 0.462 e. The van der Waals surface area contributed by atoms with E-state index in [0.717, 1.165) is 0 Å². The van der Waals surface area contributed by atoms with Gasteiger partial charge in [-0.3, -0.25) is 0 Å². The molecule has 6 nitrogen and oxygen atoms in total. The fraction of sp³-hybridized carbons (Fsp3) is 0.300. The number of esters is 2. The van der Waals surface area contributed by atoms with Crippen LogP contribution in [0.3, 0.4) is 0 Å². The third kappa shape index (κ3) is 4.47. The molecule has 136 valence electrons. The van der Waals surface area contributed by atoms with Crippen LogP contribution in [-0.4, -0.2) is 49.1 Å². The number of aliphatic hydroxyl groups is 1. The van der Waals surface area contributed by atoms with Crippen molar-refractivity contribution in [1.82, 2.24) is 0 Å². The maximum absolute atomic E-state index is 12.0. The van der Waals surface area contributed by atoms with Gasteiger partial charge in [0, 0.05) is 0 Å². The molecule has 1 fully saturated rings. The zero-order chi connectivity index (χ0) is 18.4. The Morgan fingerprint density at radius 3 is 1.92 bits per heavy atom. The SMILES string of the molecule is O=C(OCC1OCC(O)C1COC(=O)c1ccccc1)c1ccccc1. The summed E-state index contributed by atoms with van der Waals surface area (Å²) in [4.78, 5) is 24.1. The van der Waals surface area contributed by atoms with Crippen molar-refractivity contribution < 1.29 is 28.9 Å². The summed E-state index contributed by atoms with van der Waals surface area (Å²) in [6.07, 6.45) is -1.31. The third-order valence-electron chi connectivity index (χ3n) is 4.26. The summed E-state index contributed by atoms with van der Waals surface area (Å²) in [7, 11) is 0. The van der Waals surface area contributed by atoms with Crippen LogP contribution in [0.25, 0.3) is 0 Å². The average Bonchev–Trinajstić information content (AvgIpc) is 3.05. The first kappa shape index (κ1) is 18.1. The van der Waals surface area contributed by atoms with Crippen LogP contribution in [-0.2, 0) is 14.2 Å². The third-order valence-corrected chi connectivity index (χ3v) is 4.26. The average molecular weight is 356 g/mol. The number of hydrogen-bond donors (Lipinski definition) is 1. The Balaban J connectivity index is 1.53. The van der Waals surface area contributed by atoms with Crippen molar-refractivity contribution in [1.29, 1.82) is 0 Å². The van der Waals surface area contributed by atoms with E-state index >= 15 is 0 Å². The second-order valence-electron chi connectivity index (χ2n) is 6.03. The van der Waals surface area contributed by atoms with Gasteiger partial charge in [-0.05, 0) is 24.3 Å². The first-order chi connectivity index (χ1) is 12.6. The molecule has 0 amide bonds. The minimum absolute atomic E-state index is 0.0115. The molecule has 2 aromatic rings. The van der Waals surface area contributed by atoms with Gasteiger partial charge in [0.15, 0.2) is 0 Å². The van der Waals surface area contributed by atoms with E-state index in [-0.39, 0.29) is 19.8 Å². The summed E-state index contributed by atoms with van der Waals surface area (Å²) in [5.74, 6) is -1.38. The Kier molecular flexibility index (Phi) is 5.99. The highest BCUT2D eigenvalue weighted by Crippen LogP contribution is 2.23. The first-order valence-corrected chi connectivity index (χ1v) is 8.39. The Labute approximate surface area is 151 Å². The smallest absolute Gasteiger partial charge is 0.338 e. The van der Waals surface area contributed by atoms with Gasteiger partial charge in [-0.25, -0.2) is 9.59 Å². The van der Waals surface area contributed by atoms with Crippen LogP contribution in [0.2, 0.25) is 0 Å². The Morgan fingerprint density at radius 1 is 0.885 bits per heavy atom. The summed E-state index contributed by atoms with van der Waals surface area (Å²) in [6, 6.07) is 17.2. The van der Waals surface area contributed by atoms with Gasteiger partial charge < -0.3 is 19.3 Å². The molecule has 1 saturated heterocycles. The summed E-state index contributed by atoms with van der Waals surface area (Å²) < 4.78 is 16.0. The first-order valence-electron chi connectivity index (χ1n) is 8.39. The number of aliphatic hydroxyl groups excluding tert-OH is 1. The zero-order valence-electron chi connectivity index (χ0n) is 14.1. The van der Waals surface area contributed by atoms with E-state index in [4.69, 9.17) is 14.2 Å². The highest BCUT2D eigenvalue weighted by molar-refractivity contribution is 5.89. The van der Waals surface area contributed by atoms with E-state index in [0.29, 0.717) is 11.1 Å². The van der Waals surface area contributed by atoms with Crippen molar-refractivity contribution in [2.75, 3.05) is 19.8 Å². The topological polar surface area (TPSA) is 82.1 Å². The van der Waals surface area contributed by atoms with Gasteiger partial charge in [0.05, 0.1) is 36.4 Å². The number of ether oxygens (including phenoxy) is 3. The summed E-state index contributed by atoms with van der Waals surface area (Å²) in [5, 5.41) is 10.1.